The Morgan fingerprint density at radius 2 is 1.28 bits per heavy atom. The maximum absolute atomic E-state index is 10.1. The van der Waals surface area contributed by atoms with Gasteiger partial charge in [0, 0.05) is 0 Å². The molecule has 0 radical (unpaired) electrons. The molecule has 0 heterocycles. The molecule has 0 rings (SSSR count). The summed E-state index contributed by atoms with van der Waals surface area (Å²) in [6.07, 6.45) is 4.64. The second-order valence-corrected chi connectivity index (χ2v) is 6.07. The molecule has 0 saturated heterocycles. The van der Waals surface area contributed by atoms with Gasteiger partial charge < -0.3 is 38.3 Å². The van der Waals surface area contributed by atoms with Gasteiger partial charge in [0.2, 0.25) is 0 Å². The molecule has 25 heavy (non-hydrogen) atoms. The molecule has 0 aliphatic carbocycles. The summed E-state index contributed by atoms with van der Waals surface area (Å²) >= 11 is 1.60. The van der Waals surface area contributed by atoms with Gasteiger partial charge in [-0.25, -0.2) is 0 Å². The van der Waals surface area contributed by atoms with Crippen molar-refractivity contribution in [2.24, 2.45) is 22.9 Å². The van der Waals surface area contributed by atoms with Crippen LogP contribution in [0, 0.1) is 0 Å². The Morgan fingerprint density at radius 3 is 1.56 bits per heavy atom. The van der Waals surface area contributed by atoms with Crippen LogP contribution in [0.1, 0.15) is 32.6 Å². The van der Waals surface area contributed by atoms with E-state index in [9.17, 15) is 14.4 Å². The molecule has 10 nitrogen and oxygen atoms in total. The maximum Gasteiger partial charge on any atom is 0.320 e. The molecule has 0 aliphatic rings. The van der Waals surface area contributed by atoms with Gasteiger partial charge in [-0.3, -0.25) is 14.4 Å². The van der Waals surface area contributed by atoms with Gasteiger partial charge in [-0.15, -0.1) is 0 Å². The lowest BCUT2D eigenvalue weighted by atomic mass is 10.1. The number of rotatable bonds is 10. The highest BCUT2D eigenvalue weighted by molar-refractivity contribution is 7.98. The normalized spacial score (nSPS) is 13.2. The number of hydrogen-bond acceptors (Lipinski definition) is 8. The van der Waals surface area contributed by atoms with Crippen molar-refractivity contribution in [2.45, 2.75) is 50.7 Å². The van der Waals surface area contributed by atoms with Crippen molar-refractivity contribution in [3.63, 3.8) is 0 Å². The zero-order valence-electron chi connectivity index (χ0n) is 14.8. The Kier molecular flexibility index (Phi) is 21.5. The Hall–Kier alpha value is -1.40. The van der Waals surface area contributed by atoms with E-state index in [4.69, 9.17) is 38.3 Å². The molecule has 0 fully saturated rings. The standard InChI is InChI=1S/C6H14N2O2.C5H11NO2S.C3H7NO2/c7-4-2-1-3-5(8)6(9)10;1-9-3-2-4(6)5(7)8;1-2(4)3(5)6/h5H,1-4,7-8H2,(H,9,10);4H,2-3,6H2,1H3,(H,7,8);2H,4H2,1H3,(H,5,6)/t5-;4-;2-/m000/s1. The summed E-state index contributed by atoms with van der Waals surface area (Å²) in [5, 5.41) is 24.5. The van der Waals surface area contributed by atoms with Gasteiger partial charge in [-0.05, 0) is 44.7 Å². The molecule has 3 atom stereocenters. The van der Waals surface area contributed by atoms with E-state index in [1.165, 1.54) is 6.92 Å². The highest BCUT2D eigenvalue weighted by Gasteiger charge is 2.09. The van der Waals surface area contributed by atoms with Crippen molar-refractivity contribution in [2.75, 3.05) is 18.6 Å². The second-order valence-electron chi connectivity index (χ2n) is 5.08. The van der Waals surface area contributed by atoms with Crippen LogP contribution in [-0.4, -0.2) is 69.9 Å². The fourth-order valence-corrected chi connectivity index (χ4v) is 1.49. The molecule has 0 aromatic rings. The van der Waals surface area contributed by atoms with E-state index in [0.29, 0.717) is 19.4 Å². The van der Waals surface area contributed by atoms with Crippen LogP contribution in [0.15, 0.2) is 0 Å². The summed E-state index contributed by atoms with van der Waals surface area (Å²) in [7, 11) is 0. The Labute approximate surface area is 152 Å². The minimum absolute atomic E-state index is 0.520. The number of hydrogen-bond donors (Lipinski definition) is 7. The van der Waals surface area contributed by atoms with Crippen LogP contribution in [0.5, 0.6) is 0 Å². The molecule has 0 amide bonds. The van der Waals surface area contributed by atoms with Gasteiger partial charge in [0.05, 0.1) is 0 Å². The first kappa shape index (κ1) is 28.4. The first-order chi connectivity index (χ1) is 11.5. The molecule has 0 aliphatic heterocycles. The predicted molar refractivity (Wildman–Crippen MR) is 98.4 cm³/mol. The minimum atomic E-state index is -0.963. The molecule has 0 saturated carbocycles. The molecule has 0 spiro atoms. The third kappa shape index (κ3) is 25.0. The van der Waals surface area contributed by atoms with Crippen molar-refractivity contribution >= 4 is 29.7 Å². The fraction of sp³-hybridized carbons (Fsp3) is 0.786. The summed E-state index contributed by atoms with van der Waals surface area (Å²) in [6, 6.07) is -2.13. The van der Waals surface area contributed by atoms with Crippen LogP contribution in [0.4, 0.5) is 0 Å². The molecular formula is C14H32N4O6S. The fourth-order valence-electron chi connectivity index (χ4n) is 1.00. The van der Waals surface area contributed by atoms with E-state index in [1.54, 1.807) is 11.8 Å². The van der Waals surface area contributed by atoms with Gasteiger partial charge in [-0.1, -0.05) is 6.42 Å². The van der Waals surface area contributed by atoms with Crippen molar-refractivity contribution in [3.05, 3.63) is 0 Å². The second kappa shape index (κ2) is 18.9. The van der Waals surface area contributed by atoms with Crippen LogP contribution in [0.25, 0.3) is 0 Å². The van der Waals surface area contributed by atoms with Crippen molar-refractivity contribution < 1.29 is 29.7 Å². The van der Waals surface area contributed by atoms with Crippen LogP contribution in [0.2, 0.25) is 0 Å². The molecule has 0 aromatic heterocycles. The topological polar surface area (TPSA) is 216 Å². The van der Waals surface area contributed by atoms with E-state index in [1.807, 2.05) is 6.26 Å². The van der Waals surface area contributed by atoms with E-state index >= 15 is 0 Å². The zero-order valence-corrected chi connectivity index (χ0v) is 15.6. The molecule has 0 unspecified atom stereocenters. The Bertz CT molecular complexity index is 371. The SMILES string of the molecule is CSCC[C@H](N)C(=O)O.C[C@H](N)C(=O)O.NCCCC[C@H](N)C(=O)O. The van der Waals surface area contributed by atoms with Crippen LogP contribution in [-0.2, 0) is 14.4 Å². The number of unbranched alkanes of at least 4 members (excludes halogenated alkanes) is 1. The third-order valence-corrected chi connectivity index (χ3v) is 3.27. The molecule has 11 N–H and O–H groups in total. The van der Waals surface area contributed by atoms with Gasteiger partial charge >= 0.3 is 17.9 Å². The number of nitrogens with two attached hydrogens (primary N) is 4. The van der Waals surface area contributed by atoms with Gasteiger partial charge in [0.1, 0.15) is 18.1 Å². The lowest BCUT2D eigenvalue weighted by Gasteiger charge is -2.03. The highest BCUT2D eigenvalue weighted by Crippen LogP contribution is 1.98. The number of aliphatic carboxylic acids is 3. The molecule has 0 aromatic carbocycles. The first-order valence-electron chi connectivity index (χ1n) is 7.65. The van der Waals surface area contributed by atoms with Crippen LogP contribution >= 0.6 is 11.8 Å². The smallest absolute Gasteiger partial charge is 0.320 e. The maximum atomic E-state index is 10.1. The first-order valence-corrected chi connectivity index (χ1v) is 9.04. The molecule has 0 bridgehead atoms. The summed E-state index contributed by atoms with van der Waals surface area (Å²) in [4.78, 5) is 29.8. The number of carboxylic acid groups (broad SMARTS) is 3. The number of thioether (sulfide) groups is 1. The van der Waals surface area contributed by atoms with E-state index in [-0.39, 0.29) is 0 Å². The number of carboxylic acids is 3. The van der Waals surface area contributed by atoms with Crippen molar-refractivity contribution in [1.82, 2.24) is 0 Å². The van der Waals surface area contributed by atoms with Crippen molar-refractivity contribution in [1.29, 1.82) is 0 Å². The summed E-state index contributed by atoms with van der Waals surface area (Å²) in [5.41, 5.74) is 20.4. The van der Waals surface area contributed by atoms with Gasteiger partial charge in [0.25, 0.3) is 0 Å². The lowest BCUT2D eigenvalue weighted by Crippen LogP contribution is -2.30. The summed E-state index contributed by atoms with van der Waals surface area (Å²) in [6.45, 7) is 2.02. The largest absolute Gasteiger partial charge is 0.480 e. The van der Waals surface area contributed by atoms with Crippen molar-refractivity contribution in [3.8, 4) is 0 Å². The average molecular weight is 384 g/mol. The highest BCUT2D eigenvalue weighted by atomic mass is 32.2. The average Bonchev–Trinajstić information content (AvgIpc) is 2.53. The predicted octanol–water partition coefficient (Wildman–Crippen LogP) is -0.903. The minimum Gasteiger partial charge on any atom is -0.480 e. The quantitative estimate of drug-likeness (QED) is 0.229. The molecule has 11 heteroatoms. The molecular weight excluding hydrogens is 352 g/mol. The summed E-state index contributed by atoms with van der Waals surface area (Å²) < 4.78 is 0. The zero-order chi connectivity index (χ0) is 20.4. The lowest BCUT2D eigenvalue weighted by molar-refractivity contribution is -0.139. The third-order valence-electron chi connectivity index (χ3n) is 2.63. The van der Waals surface area contributed by atoms with Crippen LogP contribution < -0.4 is 22.9 Å². The van der Waals surface area contributed by atoms with E-state index in [2.05, 4.69) is 0 Å². The Balaban J connectivity index is -0.000000300. The van der Waals surface area contributed by atoms with E-state index < -0.39 is 36.0 Å². The number of carbonyl (C=O) groups is 3. The molecule has 150 valence electrons. The van der Waals surface area contributed by atoms with Crippen LogP contribution in [0.3, 0.4) is 0 Å². The van der Waals surface area contributed by atoms with Gasteiger partial charge in [0.15, 0.2) is 0 Å². The van der Waals surface area contributed by atoms with E-state index in [0.717, 1.165) is 18.6 Å². The Morgan fingerprint density at radius 1 is 0.880 bits per heavy atom. The summed E-state index contributed by atoms with van der Waals surface area (Å²) in [5.74, 6) is -2.00. The van der Waals surface area contributed by atoms with Gasteiger partial charge in [-0.2, -0.15) is 11.8 Å². The monoisotopic (exact) mass is 384 g/mol.